The maximum absolute atomic E-state index is 11.9. The Bertz CT molecular complexity index is 570. The minimum Gasteiger partial charge on any atom is -0.455 e. The lowest BCUT2D eigenvalue weighted by Crippen LogP contribution is -2.34. The fourth-order valence-corrected chi connectivity index (χ4v) is 1.69. The lowest BCUT2D eigenvalue weighted by molar-refractivity contribution is -0.117. The first-order chi connectivity index (χ1) is 9.70. The molecule has 2 rings (SSSR count). The Morgan fingerprint density at radius 3 is 2.50 bits per heavy atom. The summed E-state index contributed by atoms with van der Waals surface area (Å²) in [6.45, 7) is 1.87. The normalized spacial score (nSPS) is 11.7. The molecule has 0 radical (unpaired) electrons. The van der Waals surface area contributed by atoms with E-state index in [1.165, 1.54) is 0 Å². The van der Waals surface area contributed by atoms with Gasteiger partial charge in [-0.25, -0.2) is 0 Å². The van der Waals surface area contributed by atoms with Crippen molar-refractivity contribution in [1.82, 2.24) is 0 Å². The standard InChI is InChI=1S/C16H18N2O2/c1-2-13(17)16(19)18-14-10-6-7-11-15(14)20-12-8-4-3-5-9-12/h3-11,13H,2,17H2,1H3,(H,18,19). The topological polar surface area (TPSA) is 64.4 Å². The van der Waals surface area contributed by atoms with Crippen molar-refractivity contribution in [2.75, 3.05) is 5.32 Å². The van der Waals surface area contributed by atoms with Gasteiger partial charge in [-0.05, 0) is 30.7 Å². The molecular formula is C16H18N2O2. The summed E-state index contributed by atoms with van der Waals surface area (Å²) in [6, 6.07) is 16.2. The van der Waals surface area contributed by atoms with Gasteiger partial charge in [-0.3, -0.25) is 4.79 Å². The van der Waals surface area contributed by atoms with Gasteiger partial charge in [0.2, 0.25) is 5.91 Å². The molecule has 0 aliphatic rings. The van der Waals surface area contributed by atoms with E-state index in [2.05, 4.69) is 5.32 Å². The van der Waals surface area contributed by atoms with Crippen LogP contribution >= 0.6 is 0 Å². The van der Waals surface area contributed by atoms with Crippen molar-refractivity contribution in [3.63, 3.8) is 0 Å². The van der Waals surface area contributed by atoms with Gasteiger partial charge in [0.25, 0.3) is 0 Å². The highest BCUT2D eigenvalue weighted by Crippen LogP contribution is 2.29. The molecular weight excluding hydrogens is 252 g/mol. The van der Waals surface area contributed by atoms with Crippen LogP contribution in [0.3, 0.4) is 0 Å². The molecule has 4 nitrogen and oxygen atoms in total. The maximum atomic E-state index is 11.9. The summed E-state index contributed by atoms with van der Waals surface area (Å²) in [4.78, 5) is 11.9. The maximum Gasteiger partial charge on any atom is 0.241 e. The smallest absolute Gasteiger partial charge is 0.241 e. The van der Waals surface area contributed by atoms with Crippen molar-refractivity contribution < 1.29 is 9.53 Å². The third-order valence-corrected chi connectivity index (χ3v) is 2.89. The van der Waals surface area contributed by atoms with E-state index in [1.54, 1.807) is 12.1 Å². The van der Waals surface area contributed by atoms with Crippen molar-refractivity contribution in [2.45, 2.75) is 19.4 Å². The van der Waals surface area contributed by atoms with E-state index >= 15 is 0 Å². The first-order valence-electron chi connectivity index (χ1n) is 6.59. The van der Waals surface area contributed by atoms with Crippen molar-refractivity contribution >= 4 is 11.6 Å². The fraction of sp³-hybridized carbons (Fsp3) is 0.188. The summed E-state index contributed by atoms with van der Waals surface area (Å²) in [5, 5.41) is 2.79. The molecule has 0 bridgehead atoms. The third-order valence-electron chi connectivity index (χ3n) is 2.89. The molecule has 0 aliphatic heterocycles. The van der Waals surface area contributed by atoms with Crippen LogP contribution in [0.2, 0.25) is 0 Å². The highest BCUT2D eigenvalue weighted by atomic mass is 16.5. The Hall–Kier alpha value is -2.33. The van der Waals surface area contributed by atoms with Crippen LogP contribution in [0.25, 0.3) is 0 Å². The zero-order chi connectivity index (χ0) is 14.4. The minimum atomic E-state index is -0.514. The van der Waals surface area contributed by atoms with Crippen LogP contribution in [0.5, 0.6) is 11.5 Å². The van der Waals surface area contributed by atoms with Gasteiger partial charge in [-0.1, -0.05) is 37.3 Å². The fourth-order valence-electron chi connectivity index (χ4n) is 1.69. The Labute approximate surface area is 118 Å². The van der Waals surface area contributed by atoms with Crippen molar-refractivity contribution in [2.24, 2.45) is 5.73 Å². The summed E-state index contributed by atoms with van der Waals surface area (Å²) in [5.41, 5.74) is 6.33. The summed E-state index contributed by atoms with van der Waals surface area (Å²) < 4.78 is 5.77. The van der Waals surface area contributed by atoms with Crippen LogP contribution in [0.15, 0.2) is 54.6 Å². The monoisotopic (exact) mass is 270 g/mol. The van der Waals surface area contributed by atoms with E-state index in [0.717, 1.165) is 0 Å². The Kier molecular flexibility index (Phi) is 4.74. The predicted octanol–water partition coefficient (Wildman–Crippen LogP) is 3.15. The van der Waals surface area contributed by atoms with Crippen molar-refractivity contribution in [3.05, 3.63) is 54.6 Å². The molecule has 0 saturated carbocycles. The Morgan fingerprint density at radius 1 is 1.15 bits per heavy atom. The summed E-state index contributed by atoms with van der Waals surface area (Å²) >= 11 is 0. The van der Waals surface area contributed by atoms with Crippen LogP contribution in [-0.2, 0) is 4.79 Å². The molecule has 104 valence electrons. The predicted molar refractivity (Wildman–Crippen MR) is 79.9 cm³/mol. The number of nitrogens with two attached hydrogens (primary N) is 1. The van der Waals surface area contributed by atoms with Gasteiger partial charge in [0.15, 0.2) is 5.75 Å². The molecule has 1 unspecified atom stereocenters. The molecule has 0 aliphatic carbocycles. The number of amides is 1. The van der Waals surface area contributed by atoms with E-state index < -0.39 is 6.04 Å². The average Bonchev–Trinajstić information content (AvgIpc) is 2.49. The number of hydrogen-bond donors (Lipinski definition) is 2. The number of para-hydroxylation sites is 3. The number of carbonyl (C=O) groups is 1. The zero-order valence-electron chi connectivity index (χ0n) is 11.4. The molecule has 0 heterocycles. The molecule has 2 aromatic carbocycles. The van der Waals surface area contributed by atoms with Gasteiger partial charge in [0.1, 0.15) is 5.75 Å². The molecule has 20 heavy (non-hydrogen) atoms. The lowest BCUT2D eigenvalue weighted by Gasteiger charge is -2.14. The number of ether oxygens (including phenoxy) is 1. The van der Waals surface area contributed by atoms with Gasteiger partial charge in [-0.2, -0.15) is 0 Å². The molecule has 0 spiro atoms. The quantitative estimate of drug-likeness (QED) is 0.877. The second kappa shape index (κ2) is 6.73. The molecule has 4 heteroatoms. The van der Waals surface area contributed by atoms with Gasteiger partial charge < -0.3 is 15.8 Å². The Balaban J connectivity index is 2.16. The molecule has 0 saturated heterocycles. The van der Waals surface area contributed by atoms with Crippen LogP contribution in [0.1, 0.15) is 13.3 Å². The molecule has 1 amide bonds. The molecule has 0 fully saturated rings. The van der Waals surface area contributed by atoms with Crippen molar-refractivity contribution in [1.29, 1.82) is 0 Å². The van der Waals surface area contributed by atoms with E-state index in [0.29, 0.717) is 23.6 Å². The minimum absolute atomic E-state index is 0.211. The van der Waals surface area contributed by atoms with E-state index in [9.17, 15) is 4.79 Å². The van der Waals surface area contributed by atoms with Crippen LogP contribution in [-0.4, -0.2) is 11.9 Å². The van der Waals surface area contributed by atoms with Gasteiger partial charge >= 0.3 is 0 Å². The molecule has 1 atom stereocenters. The first-order valence-corrected chi connectivity index (χ1v) is 6.59. The second-order valence-corrected chi connectivity index (χ2v) is 4.42. The van der Waals surface area contributed by atoms with Crippen molar-refractivity contribution in [3.8, 4) is 11.5 Å². The van der Waals surface area contributed by atoms with Crippen LogP contribution in [0, 0.1) is 0 Å². The third kappa shape index (κ3) is 3.59. The number of nitrogens with one attached hydrogen (secondary N) is 1. The lowest BCUT2D eigenvalue weighted by atomic mass is 10.2. The van der Waals surface area contributed by atoms with E-state index in [-0.39, 0.29) is 5.91 Å². The number of rotatable bonds is 5. The SMILES string of the molecule is CCC(N)C(=O)Nc1ccccc1Oc1ccccc1. The highest BCUT2D eigenvalue weighted by Gasteiger charge is 2.13. The average molecular weight is 270 g/mol. The number of benzene rings is 2. The molecule has 2 aromatic rings. The largest absolute Gasteiger partial charge is 0.455 e. The molecule has 3 N–H and O–H groups in total. The van der Waals surface area contributed by atoms with E-state index in [4.69, 9.17) is 10.5 Å². The number of carbonyl (C=O) groups excluding carboxylic acids is 1. The van der Waals surface area contributed by atoms with Crippen LogP contribution in [0.4, 0.5) is 5.69 Å². The van der Waals surface area contributed by atoms with Gasteiger partial charge in [-0.15, -0.1) is 0 Å². The zero-order valence-corrected chi connectivity index (χ0v) is 11.4. The highest BCUT2D eigenvalue weighted by molar-refractivity contribution is 5.95. The van der Waals surface area contributed by atoms with Crippen LogP contribution < -0.4 is 15.8 Å². The van der Waals surface area contributed by atoms with E-state index in [1.807, 2.05) is 49.4 Å². The van der Waals surface area contributed by atoms with Gasteiger partial charge in [0.05, 0.1) is 11.7 Å². The molecule has 0 aromatic heterocycles. The number of hydrogen-bond acceptors (Lipinski definition) is 3. The first kappa shape index (κ1) is 14.1. The summed E-state index contributed by atoms with van der Waals surface area (Å²) in [6.07, 6.45) is 0.591. The summed E-state index contributed by atoms with van der Waals surface area (Å²) in [7, 11) is 0. The Morgan fingerprint density at radius 2 is 1.80 bits per heavy atom. The second-order valence-electron chi connectivity index (χ2n) is 4.42. The van der Waals surface area contributed by atoms with Gasteiger partial charge in [0, 0.05) is 0 Å². The summed E-state index contributed by atoms with van der Waals surface area (Å²) in [5.74, 6) is 1.10. The number of anilines is 1.